The van der Waals surface area contributed by atoms with Gasteiger partial charge in [-0.3, -0.25) is 9.59 Å². The molecule has 0 radical (unpaired) electrons. The summed E-state index contributed by atoms with van der Waals surface area (Å²) < 4.78 is 0. The quantitative estimate of drug-likeness (QED) is 0.891. The Labute approximate surface area is 116 Å². The van der Waals surface area contributed by atoms with E-state index in [0.29, 0.717) is 0 Å². The normalized spacial score (nSPS) is 14.8. The average Bonchev–Trinajstić information content (AvgIpc) is 2.79. The smallest absolute Gasteiger partial charge is 0.310 e. The molecule has 1 amide bonds. The second kappa shape index (κ2) is 5.33. The van der Waals surface area contributed by atoms with Crippen LogP contribution >= 0.6 is 11.3 Å². The highest BCUT2D eigenvalue weighted by atomic mass is 32.1. The minimum atomic E-state index is -0.939. The van der Waals surface area contributed by atoms with Gasteiger partial charge in [0.05, 0.1) is 11.0 Å². The molecule has 0 spiro atoms. The molecule has 0 aliphatic heterocycles. The summed E-state index contributed by atoms with van der Waals surface area (Å²) in [6.45, 7) is 3.36. The van der Waals surface area contributed by atoms with Crippen LogP contribution in [0.3, 0.4) is 0 Å². The first kappa shape index (κ1) is 14.1. The van der Waals surface area contributed by atoms with E-state index in [2.05, 4.69) is 5.32 Å². The number of aliphatic carboxylic acids is 1. The van der Waals surface area contributed by atoms with E-state index in [1.54, 1.807) is 25.2 Å². The van der Waals surface area contributed by atoms with Gasteiger partial charge in [0, 0.05) is 16.8 Å². The first-order chi connectivity index (χ1) is 8.92. The molecule has 2 rings (SSSR count). The van der Waals surface area contributed by atoms with Crippen LogP contribution < -0.4 is 5.32 Å². The lowest BCUT2D eigenvalue weighted by atomic mass is 9.93. The lowest BCUT2D eigenvalue weighted by Gasteiger charge is -2.20. The van der Waals surface area contributed by atoms with E-state index in [9.17, 15) is 9.59 Å². The molecule has 0 saturated heterocycles. The summed E-state index contributed by atoms with van der Waals surface area (Å²) in [6.07, 6.45) is 4.35. The van der Waals surface area contributed by atoms with E-state index in [4.69, 9.17) is 5.11 Å². The molecular weight excluding hydrogens is 262 g/mol. The number of carboxylic acids is 1. The maximum atomic E-state index is 12.1. The molecule has 4 nitrogen and oxygen atoms in total. The van der Waals surface area contributed by atoms with Crippen LogP contribution in [0.25, 0.3) is 0 Å². The summed E-state index contributed by atoms with van der Waals surface area (Å²) in [5.41, 5.74) is 0.967. The molecule has 2 N–H and O–H groups in total. The Morgan fingerprint density at radius 1 is 1.37 bits per heavy atom. The van der Waals surface area contributed by atoms with Gasteiger partial charge < -0.3 is 10.4 Å². The summed E-state index contributed by atoms with van der Waals surface area (Å²) in [5, 5.41) is 13.7. The van der Waals surface area contributed by atoms with Crippen molar-refractivity contribution in [2.45, 2.75) is 39.5 Å². The van der Waals surface area contributed by atoms with Gasteiger partial charge in [-0.05, 0) is 45.1 Å². The number of carbonyl (C=O) groups is 2. The zero-order chi connectivity index (χ0) is 14.0. The molecule has 0 fully saturated rings. The molecule has 19 heavy (non-hydrogen) atoms. The third kappa shape index (κ3) is 2.97. The van der Waals surface area contributed by atoms with Crippen molar-refractivity contribution in [1.82, 2.24) is 5.32 Å². The molecule has 5 heteroatoms. The Balaban J connectivity index is 2.05. The molecule has 104 valence electrons. The number of thiophene rings is 1. The monoisotopic (exact) mass is 281 g/mol. The summed E-state index contributed by atoms with van der Waals surface area (Å²) in [4.78, 5) is 24.5. The van der Waals surface area contributed by atoms with Crippen LogP contribution in [-0.2, 0) is 17.6 Å². The van der Waals surface area contributed by atoms with Gasteiger partial charge in [0.2, 0.25) is 0 Å². The Morgan fingerprint density at radius 3 is 2.74 bits per heavy atom. The highest BCUT2D eigenvalue weighted by molar-refractivity contribution is 7.10. The van der Waals surface area contributed by atoms with E-state index in [1.165, 1.54) is 16.9 Å². The average molecular weight is 281 g/mol. The lowest BCUT2D eigenvalue weighted by molar-refractivity contribution is -0.146. The number of carboxylic acid groups (broad SMARTS) is 1. The van der Waals surface area contributed by atoms with E-state index in [-0.39, 0.29) is 12.5 Å². The highest BCUT2D eigenvalue weighted by Crippen LogP contribution is 2.30. The predicted octanol–water partition coefficient (Wildman–Crippen LogP) is 2.47. The molecule has 1 heterocycles. The highest BCUT2D eigenvalue weighted by Gasteiger charge is 2.28. The minimum absolute atomic E-state index is 0.145. The van der Waals surface area contributed by atoms with Crippen molar-refractivity contribution in [3.05, 3.63) is 21.4 Å². The van der Waals surface area contributed by atoms with Crippen LogP contribution in [-0.4, -0.2) is 23.5 Å². The maximum Gasteiger partial charge on any atom is 0.310 e. The summed E-state index contributed by atoms with van der Waals surface area (Å²) >= 11 is 1.64. The molecular formula is C14H19NO3S. The third-order valence-electron chi connectivity index (χ3n) is 3.58. The fourth-order valence-corrected chi connectivity index (χ4v) is 3.28. The summed E-state index contributed by atoms with van der Waals surface area (Å²) in [5.74, 6) is -1.05. The molecule has 0 atom stereocenters. The van der Waals surface area contributed by atoms with Crippen LogP contribution in [0.15, 0.2) is 5.38 Å². The fourth-order valence-electron chi connectivity index (χ4n) is 2.16. The molecule has 0 bridgehead atoms. The number of hydrogen-bond acceptors (Lipinski definition) is 3. The van der Waals surface area contributed by atoms with E-state index in [0.717, 1.165) is 24.8 Å². The van der Waals surface area contributed by atoms with Crippen molar-refractivity contribution in [3.63, 3.8) is 0 Å². The van der Waals surface area contributed by atoms with Gasteiger partial charge in [0.25, 0.3) is 5.91 Å². The van der Waals surface area contributed by atoms with Crippen molar-refractivity contribution in [2.24, 2.45) is 5.41 Å². The Bertz CT molecular complexity index is 505. The van der Waals surface area contributed by atoms with E-state index >= 15 is 0 Å². The van der Waals surface area contributed by atoms with Crippen molar-refractivity contribution in [3.8, 4) is 0 Å². The minimum Gasteiger partial charge on any atom is -0.481 e. The number of nitrogens with one attached hydrogen (secondary N) is 1. The zero-order valence-electron chi connectivity index (χ0n) is 11.3. The Morgan fingerprint density at radius 2 is 2.05 bits per heavy atom. The number of carbonyl (C=O) groups excluding carboxylic acids is 1. The van der Waals surface area contributed by atoms with E-state index < -0.39 is 11.4 Å². The molecule has 0 aromatic carbocycles. The van der Waals surface area contributed by atoms with Crippen LogP contribution in [0.2, 0.25) is 0 Å². The Hall–Kier alpha value is -1.36. The van der Waals surface area contributed by atoms with Gasteiger partial charge in [-0.1, -0.05) is 0 Å². The van der Waals surface area contributed by atoms with Crippen molar-refractivity contribution < 1.29 is 14.7 Å². The van der Waals surface area contributed by atoms with Gasteiger partial charge in [-0.25, -0.2) is 0 Å². The fraction of sp³-hybridized carbons (Fsp3) is 0.571. The van der Waals surface area contributed by atoms with Crippen LogP contribution in [0.5, 0.6) is 0 Å². The maximum absolute atomic E-state index is 12.1. The number of aryl methyl sites for hydroxylation is 1. The molecule has 0 unspecified atom stereocenters. The van der Waals surface area contributed by atoms with Crippen molar-refractivity contribution in [1.29, 1.82) is 0 Å². The zero-order valence-corrected chi connectivity index (χ0v) is 12.1. The molecule has 1 aliphatic carbocycles. The third-order valence-corrected chi connectivity index (χ3v) is 4.66. The molecule has 1 aliphatic rings. The molecule has 1 aromatic rings. The first-order valence-electron chi connectivity index (χ1n) is 6.52. The van der Waals surface area contributed by atoms with Gasteiger partial charge in [-0.2, -0.15) is 0 Å². The first-order valence-corrected chi connectivity index (χ1v) is 7.40. The molecule has 1 aromatic heterocycles. The van der Waals surface area contributed by atoms with Crippen LogP contribution in [0.1, 0.15) is 47.5 Å². The predicted molar refractivity (Wildman–Crippen MR) is 74.7 cm³/mol. The van der Waals surface area contributed by atoms with Crippen molar-refractivity contribution in [2.75, 3.05) is 6.54 Å². The number of amides is 1. The Kier molecular flexibility index (Phi) is 3.94. The van der Waals surface area contributed by atoms with Crippen LogP contribution in [0.4, 0.5) is 0 Å². The second-order valence-corrected chi connectivity index (χ2v) is 6.59. The van der Waals surface area contributed by atoms with Gasteiger partial charge >= 0.3 is 5.97 Å². The van der Waals surface area contributed by atoms with Gasteiger partial charge in [-0.15, -0.1) is 11.3 Å². The summed E-state index contributed by atoms with van der Waals surface area (Å²) in [7, 11) is 0. The lowest BCUT2D eigenvalue weighted by Crippen LogP contribution is -2.39. The number of hydrogen-bond donors (Lipinski definition) is 2. The topological polar surface area (TPSA) is 66.4 Å². The van der Waals surface area contributed by atoms with Crippen molar-refractivity contribution >= 4 is 23.2 Å². The standard InChI is InChI=1S/C14H19NO3S/c1-14(2,13(17)18)8-15-12(16)10-7-19-11-6-4-3-5-9(10)11/h7H,3-6,8H2,1-2H3,(H,15,16)(H,17,18). The number of fused-ring (bicyclic) bond motifs is 1. The van der Waals surface area contributed by atoms with Gasteiger partial charge in [0.15, 0.2) is 0 Å². The molecule has 0 saturated carbocycles. The van der Waals surface area contributed by atoms with Gasteiger partial charge in [0.1, 0.15) is 0 Å². The van der Waals surface area contributed by atoms with E-state index in [1.807, 2.05) is 5.38 Å². The number of rotatable bonds is 4. The summed E-state index contributed by atoms with van der Waals surface area (Å²) in [6, 6.07) is 0. The largest absolute Gasteiger partial charge is 0.481 e. The SMILES string of the molecule is CC(C)(CNC(=O)c1csc2c1CCCC2)C(=O)O. The van der Waals surface area contributed by atoms with Crippen LogP contribution in [0, 0.1) is 5.41 Å². The second-order valence-electron chi connectivity index (χ2n) is 5.63.